The molecule has 1 aromatic rings. The van der Waals surface area contributed by atoms with Crippen molar-refractivity contribution >= 4 is 11.8 Å². The van der Waals surface area contributed by atoms with Gasteiger partial charge in [0.1, 0.15) is 0 Å². The van der Waals surface area contributed by atoms with Crippen LogP contribution in [0.2, 0.25) is 0 Å². The fraction of sp³-hybridized carbons (Fsp3) is 0.333. The smallest absolute Gasteiger partial charge is 0.269 e. The quantitative estimate of drug-likeness (QED) is 0.730. The Kier molecular flexibility index (Phi) is 2.90. The van der Waals surface area contributed by atoms with Gasteiger partial charge in [0.2, 0.25) is 5.91 Å². The van der Waals surface area contributed by atoms with Crippen LogP contribution in [-0.2, 0) is 4.79 Å². The van der Waals surface area contributed by atoms with Crippen molar-refractivity contribution in [3.05, 3.63) is 35.9 Å². The highest BCUT2D eigenvalue weighted by Gasteiger charge is 2.39. The zero-order valence-corrected chi connectivity index (χ0v) is 9.07. The number of hydrazine groups is 1. The summed E-state index contributed by atoms with van der Waals surface area (Å²) >= 11 is 0. The van der Waals surface area contributed by atoms with Crippen molar-refractivity contribution in [2.75, 3.05) is 0 Å². The van der Waals surface area contributed by atoms with Crippen LogP contribution in [-0.4, -0.2) is 11.8 Å². The Hall–Kier alpha value is -1.84. The highest BCUT2D eigenvalue weighted by atomic mass is 16.2. The molecule has 2 atom stereocenters. The van der Waals surface area contributed by atoms with E-state index < -0.39 is 0 Å². The van der Waals surface area contributed by atoms with Crippen molar-refractivity contribution in [1.82, 2.24) is 10.9 Å². The maximum absolute atomic E-state index is 11.5. The summed E-state index contributed by atoms with van der Waals surface area (Å²) in [6.45, 7) is 2.02. The van der Waals surface area contributed by atoms with Gasteiger partial charge in [0.15, 0.2) is 0 Å². The SMILES string of the molecule is CC1CC1C(=O)NNC(=O)c1ccccc1. The first kappa shape index (κ1) is 10.7. The van der Waals surface area contributed by atoms with E-state index in [9.17, 15) is 9.59 Å². The molecule has 0 spiro atoms. The minimum atomic E-state index is -0.290. The standard InChI is InChI=1S/C12H14N2O2/c1-8-7-10(8)12(16)14-13-11(15)9-5-3-2-4-6-9/h2-6,8,10H,7H2,1H3,(H,13,15)(H,14,16). The van der Waals surface area contributed by atoms with Gasteiger partial charge in [-0.05, 0) is 24.5 Å². The largest absolute Gasteiger partial charge is 0.273 e. The van der Waals surface area contributed by atoms with Gasteiger partial charge in [-0.3, -0.25) is 20.4 Å². The third-order valence-corrected chi connectivity index (χ3v) is 2.78. The number of hydrogen-bond acceptors (Lipinski definition) is 2. The van der Waals surface area contributed by atoms with Gasteiger partial charge in [-0.25, -0.2) is 0 Å². The Labute approximate surface area is 94.0 Å². The van der Waals surface area contributed by atoms with Crippen LogP contribution in [0.5, 0.6) is 0 Å². The molecule has 16 heavy (non-hydrogen) atoms. The molecule has 84 valence electrons. The molecular weight excluding hydrogens is 204 g/mol. The van der Waals surface area contributed by atoms with Crippen LogP contribution in [0.15, 0.2) is 30.3 Å². The lowest BCUT2D eigenvalue weighted by atomic mass is 10.2. The first-order valence-electron chi connectivity index (χ1n) is 5.33. The molecule has 1 aliphatic carbocycles. The molecule has 4 nitrogen and oxygen atoms in total. The van der Waals surface area contributed by atoms with Crippen molar-refractivity contribution in [3.8, 4) is 0 Å². The van der Waals surface area contributed by atoms with Gasteiger partial charge in [0, 0.05) is 11.5 Å². The van der Waals surface area contributed by atoms with Crippen LogP contribution in [0.4, 0.5) is 0 Å². The average Bonchev–Trinajstić information content (AvgIpc) is 3.04. The van der Waals surface area contributed by atoms with Gasteiger partial charge in [0.05, 0.1) is 0 Å². The Morgan fingerprint density at radius 3 is 2.38 bits per heavy atom. The molecular formula is C12H14N2O2. The number of hydrogen-bond donors (Lipinski definition) is 2. The maximum Gasteiger partial charge on any atom is 0.269 e. The Morgan fingerprint density at radius 2 is 1.81 bits per heavy atom. The molecule has 2 amide bonds. The second kappa shape index (κ2) is 4.35. The van der Waals surface area contributed by atoms with Gasteiger partial charge >= 0.3 is 0 Å². The van der Waals surface area contributed by atoms with Crippen molar-refractivity contribution in [2.45, 2.75) is 13.3 Å². The molecule has 0 saturated heterocycles. The third-order valence-electron chi connectivity index (χ3n) is 2.78. The molecule has 1 saturated carbocycles. The number of benzene rings is 1. The molecule has 0 radical (unpaired) electrons. The van der Waals surface area contributed by atoms with E-state index in [2.05, 4.69) is 10.9 Å². The topological polar surface area (TPSA) is 58.2 Å². The molecule has 1 aliphatic rings. The molecule has 1 aromatic carbocycles. The Bertz CT molecular complexity index is 403. The van der Waals surface area contributed by atoms with Crippen LogP contribution >= 0.6 is 0 Å². The van der Waals surface area contributed by atoms with Crippen molar-refractivity contribution in [3.63, 3.8) is 0 Å². The predicted octanol–water partition coefficient (Wildman–Crippen LogP) is 1.10. The predicted molar refractivity (Wildman–Crippen MR) is 59.3 cm³/mol. The molecule has 0 bridgehead atoms. The van der Waals surface area contributed by atoms with E-state index in [0.29, 0.717) is 11.5 Å². The summed E-state index contributed by atoms with van der Waals surface area (Å²) in [5.74, 6) is 0.115. The van der Waals surface area contributed by atoms with Gasteiger partial charge < -0.3 is 0 Å². The van der Waals surface area contributed by atoms with E-state index in [1.54, 1.807) is 24.3 Å². The number of carbonyl (C=O) groups excluding carboxylic acids is 2. The third kappa shape index (κ3) is 2.39. The molecule has 2 rings (SSSR count). The highest BCUT2D eigenvalue weighted by Crippen LogP contribution is 2.37. The zero-order valence-electron chi connectivity index (χ0n) is 9.07. The number of rotatable bonds is 2. The van der Waals surface area contributed by atoms with Crippen LogP contribution in [0, 0.1) is 11.8 Å². The molecule has 2 unspecified atom stereocenters. The fourth-order valence-electron chi connectivity index (χ4n) is 1.56. The number of nitrogens with one attached hydrogen (secondary N) is 2. The van der Waals surface area contributed by atoms with E-state index in [1.807, 2.05) is 13.0 Å². The lowest BCUT2D eigenvalue weighted by molar-refractivity contribution is -0.123. The van der Waals surface area contributed by atoms with Crippen LogP contribution in [0.1, 0.15) is 23.7 Å². The lowest BCUT2D eigenvalue weighted by Gasteiger charge is -2.06. The highest BCUT2D eigenvalue weighted by molar-refractivity contribution is 5.95. The first-order valence-corrected chi connectivity index (χ1v) is 5.33. The van der Waals surface area contributed by atoms with Crippen LogP contribution in [0.25, 0.3) is 0 Å². The van der Waals surface area contributed by atoms with Gasteiger partial charge in [-0.15, -0.1) is 0 Å². The van der Waals surface area contributed by atoms with Gasteiger partial charge in [-0.2, -0.15) is 0 Å². The average molecular weight is 218 g/mol. The van der Waals surface area contributed by atoms with Crippen LogP contribution < -0.4 is 10.9 Å². The van der Waals surface area contributed by atoms with E-state index >= 15 is 0 Å². The van der Waals surface area contributed by atoms with Crippen molar-refractivity contribution in [1.29, 1.82) is 0 Å². The minimum Gasteiger partial charge on any atom is -0.273 e. The van der Waals surface area contributed by atoms with E-state index in [0.717, 1.165) is 6.42 Å². The summed E-state index contributed by atoms with van der Waals surface area (Å²) in [5, 5.41) is 0. The molecule has 4 heteroatoms. The molecule has 0 aliphatic heterocycles. The van der Waals surface area contributed by atoms with Gasteiger partial charge in [-0.1, -0.05) is 25.1 Å². The monoisotopic (exact) mass is 218 g/mol. The molecule has 2 N–H and O–H groups in total. The summed E-state index contributed by atoms with van der Waals surface area (Å²) in [7, 11) is 0. The normalized spacial score (nSPS) is 22.3. The summed E-state index contributed by atoms with van der Waals surface area (Å²) < 4.78 is 0. The zero-order chi connectivity index (χ0) is 11.5. The van der Waals surface area contributed by atoms with Crippen molar-refractivity contribution in [2.24, 2.45) is 11.8 Å². The second-order valence-electron chi connectivity index (χ2n) is 4.13. The summed E-state index contributed by atoms with van der Waals surface area (Å²) in [5.41, 5.74) is 5.37. The molecule has 0 aromatic heterocycles. The lowest BCUT2D eigenvalue weighted by Crippen LogP contribution is -2.42. The maximum atomic E-state index is 11.5. The fourth-order valence-corrected chi connectivity index (χ4v) is 1.56. The summed E-state index contributed by atoms with van der Waals surface area (Å²) in [6.07, 6.45) is 0.910. The van der Waals surface area contributed by atoms with E-state index in [-0.39, 0.29) is 17.7 Å². The minimum absolute atomic E-state index is 0.0658. The number of amides is 2. The van der Waals surface area contributed by atoms with Gasteiger partial charge in [0.25, 0.3) is 5.91 Å². The molecule has 0 heterocycles. The van der Waals surface area contributed by atoms with E-state index in [1.165, 1.54) is 0 Å². The van der Waals surface area contributed by atoms with Crippen molar-refractivity contribution < 1.29 is 9.59 Å². The second-order valence-corrected chi connectivity index (χ2v) is 4.13. The van der Waals surface area contributed by atoms with E-state index in [4.69, 9.17) is 0 Å². The summed E-state index contributed by atoms with van der Waals surface area (Å²) in [6, 6.07) is 8.78. The summed E-state index contributed by atoms with van der Waals surface area (Å²) in [4.78, 5) is 23.0. The number of carbonyl (C=O) groups is 2. The Balaban J connectivity index is 1.82. The van der Waals surface area contributed by atoms with Crippen LogP contribution in [0.3, 0.4) is 0 Å². The Morgan fingerprint density at radius 1 is 1.19 bits per heavy atom. The first-order chi connectivity index (χ1) is 7.68. The molecule has 1 fully saturated rings.